The molecule has 0 amide bonds. The lowest BCUT2D eigenvalue weighted by atomic mass is 10.1. The van der Waals surface area contributed by atoms with E-state index in [1.807, 2.05) is 11.8 Å². The third-order valence-electron chi connectivity index (χ3n) is 2.41. The average molecular weight is 209 g/mol. The lowest BCUT2D eigenvalue weighted by Gasteiger charge is -2.11. The van der Waals surface area contributed by atoms with Crippen molar-refractivity contribution in [3.05, 3.63) is 35.4 Å². The van der Waals surface area contributed by atoms with Gasteiger partial charge < -0.3 is 5.32 Å². The maximum Gasteiger partial charge on any atom is 0.0208 e. The largest absolute Gasteiger partial charge is 0.312 e. The number of aryl methyl sites for hydroxylation is 1. The SMILES string of the molecule is CSC(C)CNCc1ccccc1C. The van der Waals surface area contributed by atoms with Gasteiger partial charge in [-0.15, -0.1) is 0 Å². The Balaban J connectivity index is 2.35. The summed E-state index contributed by atoms with van der Waals surface area (Å²) in [5.74, 6) is 0. The van der Waals surface area contributed by atoms with E-state index in [0.29, 0.717) is 5.25 Å². The van der Waals surface area contributed by atoms with Crippen molar-refractivity contribution in [2.45, 2.75) is 25.6 Å². The van der Waals surface area contributed by atoms with E-state index in [1.54, 1.807) is 0 Å². The van der Waals surface area contributed by atoms with Gasteiger partial charge in [0.15, 0.2) is 0 Å². The molecule has 0 spiro atoms. The van der Waals surface area contributed by atoms with E-state index < -0.39 is 0 Å². The van der Waals surface area contributed by atoms with Gasteiger partial charge in [-0.25, -0.2) is 0 Å². The predicted octanol–water partition coefficient (Wildman–Crippen LogP) is 2.84. The summed E-state index contributed by atoms with van der Waals surface area (Å²) in [5.41, 5.74) is 2.78. The highest BCUT2D eigenvalue weighted by molar-refractivity contribution is 7.99. The molecule has 0 aliphatic carbocycles. The molecule has 0 fully saturated rings. The Morgan fingerprint density at radius 2 is 2.07 bits per heavy atom. The number of benzene rings is 1. The Bertz CT molecular complexity index is 273. The van der Waals surface area contributed by atoms with Gasteiger partial charge in [0, 0.05) is 18.3 Å². The standard InChI is InChI=1S/C12H19NS/c1-10-6-4-5-7-12(10)9-13-8-11(2)14-3/h4-7,11,13H,8-9H2,1-3H3. The van der Waals surface area contributed by atoms with Crippen molar-refractivity contribution in [2.24, 2.45) is 0 Å². The first-order chi connectivity index (χ1) is 6.74. The summed E-state index contributed by atoms with van der Waals surface area (Å²) >= 11 is 1.90. The number of nitrogens with one attached hydrogen (secondary N) is 1. The molecule has 0 saturated heterocycles. The summed E-state index contributed by atoms with van der Waals surface area (Å²) in [4.78, 5) is 0. The van der Waals surface area contributed by atoms with Gasteiger partial charge in [0.1, 0.15) is 0 Å². The highest BCUT2D eigenvalue weighted by Crippen LogP contribution is 2.07. The fourth-order valence-electron chi connectivity index (χ4n) is 1.30. The zero-order valence-corrected chi connectivity index (χ0v) is 10.0. The van der Waals surface area contributed by atoms with Crippen molar-refractivity contribution in [1.82, 2.24) is 5.32 Å². The van der Waals surface area contributed by atoms with Crippen LogP contribution in [0.25, 0.3) is 0 Å². The summed E-state index contributed by atoms with van der Waals surface area (Å²) in [7, 11) is 0. The molecule has 0 bridgehead atoms. The van der Waals surface area contributed by atoms with Crippen LogP contribution >= 0.6 is 11.8 Å². The maximum absolute atomic E-state index is 3.47. The van der Waals surface area contributed by atoms with E-state index in [2.05, 4.69) is 49.7 Å². The Morgan fingerprint density at radius 1 is 1.36 bits per heavy atom. The van der Waals surface area contributed by atoms with Gasteiger partial charge in [-0.3, -0.25) is 0 Å². The van der Waals surface area contributed by atoms with E-state index in [4.69, 9.17) is 0 Å². The Kier molecular flexibility index (Phi) is 5.05. The zero-order chi connectivity index (χ0) is 10.4. The Labute approximate surface area is 91.3 Å². The van der Waals surface area contributed by atoms with Crippen molar-refractivity contribution in [2.75, 3.05) is 12.8 Å². The molecule has 1 unspecified atom stereocenters. The normalized spacial score (nSPS) is 12.8. The van der Waals surface area contributed by atoms with Gasteiger partial charge in [0.05, 0.1) is 0 Å². The lowest BCUT2D eigenvalue weighted by Crippen LogP contribution is -2.22. The monoisotopic (exact) mass is 209 g/mol. The minimum Gasteiger partial charge on any atom is -0.312 e. The highest BCUT2D eigenvalue weighted by Gasteiger charge is 1.99. The summed E-state index contributed by atoms with van der Waals surface area (Å²) in [6, 6.07) is 8.53. The number of rotatable bonds is 5. The first-order valence-corrected chi connectivity index (χ1v) is 6.31. The van der Waals surface area contributed by atoms with Crippen molar-refractivity contribution < 1.29 is 0 Å². The summed E-state index contributed by atoms with van der Waals surface area (Å²) in [5, 5.41) is 4.17. The zero-order valence-electron chi connectivity index (χ0n) is 9.21. The molecule has 0 aliphatic rings. The second-order valence-corrected chi connectivity index (χ2v) is 4.88. The molecule has 1 N–H and O–H groups in total. The van der Waals surface area contributed by atoms with Crippen LogP contribution in [0.5, 0.6) is 0 Å². The van der Waals surface area contributed by atoms with Gasteiger partial charge in [-0.05, 0) is 24.3 Å². The fraction of sp³-hybridized carbons (Fsp3) is 0.500. The molecule has 1 aromatic carbocycles. The van der Waals surface area contributed by atoms with E-state index in [9.17, 15) is 0 Å². The van der Waals surface area contributed by atoms with Crippen LogP contribution in [0.1, 0.15) is 18.1 Å². The second kappa shape index (κ2) is 6.10. The molecule has 14 heavy (non-hydrogen) atoms. The first-order valence-electron chi connectivity index (χ1n) is 5.02. The molecule has 0 heterocycles. The van der Waals surface area contributed by atoms with Gasteiger partial charge in [-0.1, -0.05) is 31.2 Å². The number of hydrogen-bond acceptors (Lipinski definition) is 2. The van der Waals surface area contributed by atoms with Crippen LogP contribution in [0.4, 0.5) is 0 Å². The van der Waals surface area contributed by atoms with E-state index in [0.717, 1.165) is 13.1 Å². The van der Waals surface area contributed by atoms with Crippen LogP contribution in [-0.4, -0.2) is 18.1 Å². The quantitative estimate of drug-likeness (QED) is 0.800. The molecule has 2 heteroatoms. The number of hydrogen-bond donors (Lipinski definition) is 1. The predicted molar refractivity (Wildman–Crippen MR) is 65.9 cm³/mol. The molecule has 1 nitrogen and oxygen atoms in total. The maximum atomic E-state index is 3.47. The summed E-state index contributed by atoms with van der Waals surface area (Å²) < 4.78 is 0. The van der Waals surface area contributed by atoms with Crippen LogP contribution < -0.4 is 5.32 Å². The minimum absolute atomic E-state index is 0.694. The Hall–Kier alpha value is -0.470. The fourth-order valence-corrected chi connectivity index (χ4v) is 1.59. The molecule has 1 aromatic rings. The van der Waals surface area contributed by atoms with Crippen LogP contribution in [0.15, 0.2) is 24.3 Å². The second-order valence-electron chi connectivity index (χ2n) is 3.60. The molecule has 0 aromatic heterocycles. The summed E-state index contributed by atoms with van der Waals surface area (Å²) in [6.07, 6.45) is 2.15. The first kappa shape index (κ1) is 11.6. The third kappa shape index (κ3) is 3.72. The Morgan fingerprint density at radius 3 is 2.71 bits per heavy atom. The lowest BCUT2D eigenvalue weighted by molar-refractivity contribution is 0.682. The molecule has 1 rings (SSSR count). The summed E-state index contributed by atoms with van der Waals surface area (Å²) in [6.45, 7) is 6.47. The van der Waals surface area contributed by atoms with Crippen LogP contribution in [-0.2, 0) is 6.54 Å². The van der Waals surface area contributed by atoms with E-state index in [-0.39, 0.29) is 0 Å². The van der Waals surface area contributed by atoms with E-state index in [1.165, 1.54) is 11.1 Å². The van der Waals surface area contributed by atoms with E-state index >= 15 is 0 Å². The minimum atomic E-state index is 0.694. The van der Waals surface area contributed by atoms with Crippen molar-refractivity contribution in [3.8, 4) is 0 Å². The molecule has 0 saturated carbocycles. The molecule has 1 atom stereocenters. The van der Waals surface area contributed by atoms with Crippen LogP contribution in [0.2, 0.25) is 0 Å². The van der Waals surface area contributed by atoms with Crippen molar-refractivity contribution >= 4 is 11.8 Å². The smallest absolute Gasteiger partial charge is 0.0208 e. The molecule has 0 aliphatic heterocycles. The van der Waals surface area contributed by atoms with Gasteiger partial charge in [-0.2, -0.15) is 11.8 Å². The van der Waals surface area contributed by atoms with Crippen LogP contribution in [0.3, 0.4) is 0 Å². The molecular weight excluding hydrogens is 190 g/mol. The van der Waals surface area contributed by atoms with Gasteiger partial charge in [0.25, 0.3) is 0 Å². The third-order valence-corrected chi connectivity index (χ3v) is 3.38. The highest BCUT2D eigenvalue weighted by atomic mass is 32.2. The van der Waals surface area contributed by atoms with Crippen LogP contribution in [0, 0.1) is 6.92 Å². The molecule has 78 valence electrons. The molecule has 0 radical (unpaired) electrons. The van der Waals surface area contributed by atoms with Gasteiger partial charge >= 0.3 is 0 Å². The van der Waals surface area contributed by atoms with Gasteiger partial charge in [0.2, 0.25) is 0 Å². The topological polar surface area (TPSA) is 12.0 Å². The van der Waals surface area contributed by atoms with Crippen molar-refractivity contribution in [3.63, 3.8) is 0 Å². The molecular formula is C12H19NS. The van der Waals surface area contributed by atoms with Crippen molar-refractivity contribution in [1.29, 1.82) is 0 Å². The number of thioether (sulfide) groups is 1. The average Bonchev–Trinajstić information content (AvgIpc) is 2.20.